The number of carbonyl (C=O) groups excluding carboxylic acids is 4. The predicted molar refractivity (Wildman–Crippen MR) is 65.7 cm³/mol. The lowest BCUT2D eigenvalue weighted by molar-refractivity contribution is -0.143. The van der Waals surface area contributed by atoms with E-state index in [-0.39, 0.29) is 25.6 Å². The fourth-order valence-corrected chi connectivity index (χ4v) is 1.01. The summed E-state index contributed by atoms with van der Waals surface area (Å²) in [4.78, 5) is 44.2. The molecule has 3 N–H and O–H groups in total. The number of amides is 3. The quantitative estimate of drug-likeness (QED) is 0.392. The maximum Gasteiger partial charge on any atom is 0.304 e. The van der Waals surface area contributed by atoms with Crippen LogP contribution in [-0.4, -0.2) is 43.0 Å². The van der Waals surface area contributed by atoms with E-state index in [1.165, 1.54) is 13.8 Å². The van der Waals surface area contributed by atoms with Crippen LogP contribution < -0.4 is 16.0 Å². The van der Waals surface area contributed by atoms with Gasteiger partial charge in [0, 0.05) is 13.3 Å². The molecule has 19 heavy (non-hydrogen) atoms. The van der Waals surface area contributed by atoms with Crippen LogP contribution in [0.5, 0.6) is 0 Å². The van der Waals surface area contributed by atoms with Crippen molar-refractivity contribution in [3.05, 3.63) is 0 Å². The predicted octanol–water partition coefficient (Wildman–Crippen LogP) is -1.35. The summed E-state index contributed by atoms with van der Waals surface area (Å²) < 4.78 is 4.49. The van der Waals surface area contributed by atoms with E-state index >= 15 is 0 Å². The third-order valence-corrected chi connectivity index (χ3v) is 2.06. The molecule has 0 fully saturated rings. The molecule has 0 spiro atoms. The molecule has 8 heteroatoms. The van der Waals surface area contributed by atoms with Gasteiger partial charge in [-0.2, -0.15) is 0 Å². The molecule has 0 aromatic rings. The smallest absolute Gasteiger partial charge is 0.304 e. The number of rotatable bonds is 7. The minimum absolute atomic E-state index is 0.244. The molecule has 0 heterocycles. The molecule has 0 saturated heterocycles. The SMILES string of the molecule is CCC(=O)NC(C)C(=O)NCC(=O)NCOC(C)=O. The van der Waals surface area contributed by atoms with Gasteiger partial charge in [0.05, 0.1) is 6.54 Å². The third kappa shape index (κ3) is 8.58. The van der Waals surface area contributed by atoms with E-state index in [2.05, 4.69) is 20.7 Å². The van der Waals surface area contributed by atoms with Crippen molar-refractivity contribution in [1.82, 2.24) is 16.0 Å². The van der Waals surface area contributed by atoms with Gasteiger partial charge in [0.2, 0.25) is 17.7 Å². The van der Waals surface area contributed by atoms with Crippen LogP contribution in [0.1, 0.15) is 27.2 Å². The minimum atomic E-state index is -0.714. The number of esters is 1. The van der Waals surface area contributed by atoms with Crippen LogP contribution in [-0.2, 0) is 23.9 Å². The number of nitrogens with one attached hydrogen (secondary N) is 3. The zero-order chi connectivity index (χ0) is 14.8. The summed E-state index contributed by atoms with van der Waals surface area (Å²) in [6.45, 7) is 3.90. The van der Waals surface area contributed by atoms with Crippen LogP contribution in [0.25, 0.3) is 0 Å². The van der Waals surface area contributed by atoms with E-state index in [9.17, 15) is 19.2 Å². The lowest BCUT2D eigenvalue weighted by Gasteiger charge is -2.13. The molecule has 0 aliphatic heterocycles. The molecule has 0 rings (SSSR count). The molecule has 0 radical (unpaired) electrons. The van der Waals surface area contributed by atoms with E-state index < -0.39 is 23.8 Å². The van der Waals surface area contributed by atoms with Gasteiger partial charge in [-0.3, -0.25) is 19.2 Å². The Bertz CT molecular complexity index is 356. The Hall–Kier alpha value is -2.12. The Balaban J connectivity index is 3.85. The van der Waals surface area contributed by atoms with E-state index in [4.69, 9.17) is 0 Å². The topological polar surface area (TPSA) is 114 Å². The highest BCUT2D eigenvalue weighted by Crippen LogP contribution is 1.84. The van der Waals surface area contributed by atoms with E-state index in [1.807, 2.05) is 0 Å². The highest BCUT2D eigenvalue weighted by Gasteiger charge is 2.15. The summed E-state index contributed by atoms with van der Waals surface area (Å²) in [6.07, 6.45) is 0.278. The highest BCUT2D eigenvalue weighted by atomic mass is 16.5. The maximum absolute atomic E-state index is 11.5. The number of carbonyl (C=O) groups is 4. The van der Waals surface area contributed by atoms with Gasteiger partial charge < -0.3 is 20.7 Å². The van der Waals surface area contributed by atoms with E-state index in [0.29, 0.717) is 0 Å². The highest BCUT2D eigenvalue weighted by molar-refractivity contribution is 5.90. The van der Waals surface area contributed by atoms with Crippen LogP contribution in [0.3, 0.4) is 0 Å². The van der Waals surface area contributed by atoms with Crippen molar-refractivity contribution in [1.29, 1.82) is 0 Å². The first kappa shape index (κ1) is 16.9. The van der Waals surface area contributed by atoms with Gasteiger partial charge in [-0.15, -0.1) is 0 Å². The Kier molecular flexibility index (Phi) is 7.90. The molecule has 8 nitrogen and oxygen atoms in total. The fourth-order valence-electron chi connectivity index (χ4n) is 1.01. The number of ether oxygens (including phenoxy) is 1. The van der Waals surface area contributed by atoms with Gasteiger partial charge in [0.25, 0.3) is 0 Å². The van der Waals surface area contributed by atoms with Crippen molar-refractivity contribution in [2.45, 2.75) is 33.2 Å². The molecule has 1 unspecified atom stereocenters. The van der Waals surface area contributed by atoms with Crippen LogP contribution in [0.2, 0.25) is 0 Å². The lowest BCUT2D eigenvalue weighted by Crippen LogP contribution is -2.47. The molecule has 0 aliphatic rings. The van der Waals surface area contributed by atoms with Crippen molar-refractivity contribution in [3.8, 4) is 0 Å². The van der Waals surface area contributed by atoms with Crippen LogP contribution in [0, 0.1) is 0 Å². The molecule has 0 aromatic heterocycles. The van der Waals surface area contributed by atoms with Gasteiger partial charge in [-0.25, -0.2) is 0 Å². The molecular weight excluding hydrogens is 254 g/mol. The lowest BCUT2D eigenvalue weighted by atomic mass is 10.3. The standard InChI is InChI=1S/C11H19N3O5/c1-4-9(16)14-7(2)11(18)12-5-10(17)13-6-19-8(3)15/h7H,4-6H2,1-3H3,(H,12,18)(H,13,17)(H,14,16). The first-order valence-corrected chi connectivity index (χ1v) is 5.84. The van der Waals surface area contributed by atoms with Gasteiger partial charge in [0.1, 0.15) is 6.04 Å². The summed E-state index contributed by atoms with van der Waals surface area (Å²) in [7, 11) is 0. The third-order valence-electron chi connectivity index (χ3n) is 2.06. The Morgan fingerprint density at radius 2 is 1.74 bits per heavy atom. The van der Waals surface area contributed by atoms with Crippen molar-refractivity contribution < 1.29 is 23.9 Å². The van der Waals surface area contributed by atoms with Crippen molar-refractivity contribution in [3.63, 3.8) is 0 Å². The minimum Gasteiger partial charge on any atom is -0.445 e. The van der Waals surface area contributed by atoms with Gasteiger partial charge in [-0.1, -0.05) is 6.92 Å². The van der Waals surface area contributed by atoms with Gasteiger partial charge in [-0.05, 0) is 6.92 Å². The summed E-state index contributed by atoms with van der Waals surface area (Å²) in [5, 5.41) is 7.08. The number of hydrogen-bond acceptors (Lipinski definition) is 5. The van der Waals surface area contributed by atoms with Crippen molar-refractivity contribution >= 4 is 23.7 Å². The second-order valence-electron chi connectivity index (χ2n) is 3.74. The van der Waals surface area contributed by atoms with E-state index in [0.717, 1.165) is 0 Å². The Labute approximate surface area is 111 Å². The molecule has 0 bridgehead atoms. The van der Waals surface area contributed by atoms with Gasteiger partial charge >= 0.3 is 5.97 Å². The number of hydrogen-bond donors (Lipinski definition) is 3. The maximum atomic E-state index is 11.5. The second-order valence-corrected chi connectivity index (χ2v) is 3.74. The molecule has 0 saturated carbocycles. The monoisotopic (exact) mass is 273 g/mol. The normalized spacial score (nSPS) is 11.1. The molecule has 3 amide bonds. The first-order valence-electron chi connectivity index (χ1n) is 5.84. The van der Waals surface area contributed by atoms with Crippen molar-refractivity contribution in [2.75, 3.05) is 13.3 Å². The molecule has 0 aliphatic carbocycles. The largest absolute Gasteiger partial charge is 0.445 e. The molecule has 0 aromatic carbocycles. The first-order chi connectivity index (χ1) is 8.86. The van der Waals surface area contributed by atoms with Crippen LogP contribution in [0.4, 0.5) is 0 Å². The Morgan fingerprint density at radius 3 is 2.26 bits per heavy atom. The second kappa shape index (κ2) is 8.90. The molecule has 1 atom stereocenters. The van der Waals surface area contributed by atoms with Gasteiger partial charge in [0.15, 0.2) is 6.73 Å². The fraction of sp³-hybridized carbons (Fsp3) is 0.636. The summed E-state index contributed by atoms with van der Waals surface area (Å²) in [5.74, 6) is -1.73. The zero-order valence-corrected chi connectivity index (χ0v) is 11.2. The molecular formula is C11H19N3O5. The van der Waals surface area contributed by atoms with E-state index in [1.54, 1.807) is 6.92 Å². The average molecular weight is 273 g/mol. The van der Waals surface area contributed by atoms with Crippen LogP contribution in [0.15, 0.2) is 0 Å². The summed E-state index contributed by atoms with van der Waals surface area (Å²) in [6, 6.07) is -0.714. The summed E-state index contributed by atoms with van der Waals surface area (Å²) in [5.41, 5.74) is 0. The van der Waals surface area contributed by atoms with Crippen molar-refractivity contribution in [2.24, 2.45) is 0 Å². The average Bonchev–Trinajstić information content (AvgIpc) is 2.35. The Morgan fingerprint density at radius 1 is 1.11 bits per heavy atom. The van der Waals surface area contributed by atoms with Crippen LogP contribution >= 0.6 is 0 Å². The molecule has 108 valence electrons. The summed E-state index contributed by atoms with van der Waals surface area (Å²) >= 11 is 0. The zero-order valence-electron chi connectivity index (χ0n) is 11.2.